The van der Waals surface area contributed by atoms with Crippen molar-refractivity contribution in [3.05, 3.63) is 89.0 Å². The van der Waals surface area contributed by atoms with E-state index in [1.807, 2.05) is 6.07 Å². The van der Waals surface area contributed by atoms with Crippen LogP contribution in [0.25, 0.3) is 6.08 Å². The topological polar surface area (TPSA) is 97.4 Å². The predicted molar refractivity (Wildman–Crippen MR) is 121 cm³/mol. The van der Waals surface area contributed by atoms with Gasteiger partial charge >= 0.3 is 0 Å². The molecule has 1 N–H and O–H groups in total. The zero-order valence-electron chi connectivity index (χ0n) is 18.2. The van der Waals surface area contributed by atoms with Gasteiger partial charge in [-0.2, -0.15) is 5.26 Å². The summed E-state index contributed by atoms with van der Waals surface area (Å²) in [4.78, 5) is 12.5. The molecule has 1 heterocycles. The quantitative estimate of drug-likeness (QED) is 0.282. The molecule has 7 nitrogen and oxygen atoms in total. The molecule has 0 aliphatic heterocycles. The number of hydrogen-bond donors (Lipinski definition) is 1. The van der Waals surface area contributed by atoms with Gasteiger partial charge in [-0.25, -0.2) is 4.39 Å². The van der Waals surface area contributed by atoms with Gasteiger partial charge in [-0.3, -0.25) is 4.79 Å². The molecule has 0 unspecified atom stereocenters. The van der Waals surface area contributed by atoms with Gasteiger partial charge in [0, 0.05) is 17.2 Å². The van der Waals surface area contributed by atoms with E-state index in [1.54, 1.807) is 49.4 Å². The van der Waals surface area contributed by atoms with E-state index < -0.39 is 5.91 Å². The number of nitriles is 1. The minimum absolute atomic E-state index is 0.00529. The van der Waals surface area contributed by atoms with Gasteiger partial charge in [0.05, 0.1) is 7.11 Å². The number of amides is 1. The molecule has 1 amide bonds. The SMILES string of the molecule is C=CCc1cc(/C=C(/C#N)C(=O)Nc2cc(C)on2)cc(OC)c1OCc1ccccc1F. The number of aryl methyl sites for hydroxylation is 1. The Morgan fingerprint density at radius 1 is 1.30 bits per heavy atom. The number of allylic oxidation sites excluding steroid dienone is 1. The van der Waals surface area contributed by atoms with Crippen molar-refractivity contribution in [3.63, 3.8) is 0 Å². The average molecular weight is 447 g/mol. The van der Waals surface area contributed by atoms with Gasteiger partial charge in [0.15, 0.2) is 17.3 Å². The highest BCUT2D eigenvalue weighted by molar-refractivity contribution is 6.09. The van der Waals surface area contributed by atoms with E-state index in [1.165, 1.54) is 19.3 Å². The smallest absolute Gasteiger partial charge is 0.267 e. The molecule has 0 aliphatic rings. The van der Waals surface area contributed by atoms with Crippen LogP contribution in [0.4, 0.5) is 10.2 Å². The molecule has 2 aromatic carbocycles. The number of rotatable bonds is 9. The highest BCUT2D eigenvalue weighted by atomic mass is 19.1. The van der Waals surface area contributed by atoms with Gasteiger partial charge in [-0.1, -0.05) is 29.4 Å². The van der Waals surface area contributed by atoms with Crippen molar-refractivity contribution in [3.8, 4) is 17.6 Å². The molecular formula is C25H22FN3O4. The summed E-state index contributed by atoms with van der Waals surface area (Å²) in [6.45, 7) is 5.46. The molecule has 0 bridgehead atoms. The largest absolute Gasteiger partial charge is 0.493 e. The molecular weight excluding hydrogens is 425 g/mol. The van der Waals surface area contributed by atoms with Gasteiger partial charge in [0.1, 0.15) is 29.8 Å². The van der Waals surface area contributed by atoms with Gasteiger partial charge in [0.2, 0.25) is 0 Å². The van der Waals surface area contributed by atoms with Crippen molar-refractivity contribution >= 4 is 17.8 Å². The first-order valence-electron chi connectivity index (χ1n) is 9.99. The van der Waals surface area contributed by atoms with Crippen LogP contribution < -0.4 is 14.8 Å². The summed E-state index contributed by atoms with van der Waals surface area (Å²) in [6.07, 6.45) is 3.54. The lowest BCUT2D eigenvalue weighted by molar-refractivity contribution is -0.112. The molecule has 0 saturated heterocycles. The average Bonchev–Trinajstić information content (AvgIpc) is 3.21. The van der Waals surface area contributed by atoms with Crippen LogP contribution in [0.15, 0.2) is 65.2 Å². The first-order chi connectivity index (χ1) is 15.9. The lowest BCUT2D eigenvalue weighted by Gasteiger charge is -2.16. The van der Waals surface area contributed by atoms with Crippen LogP contribution in [0.3, 0.4) is 0 Å². The second-order valence-corrected chi connectivity index (χ2v) is 7.03. The van der Waals surface area contributed by atoms with E-state index in [9.17, 15) is 14.4 Å². The molecule has 3 aromatic rings. The van der Waals surface area contributed by atoms with Crippen molar-refractivity contribution in [2.45, 2.75) is 20.0 Å². The number of hydrogen-bond acceptors (Lipinski definition) is 6. The predicted octanol–water partition coefficient (Wildman–Crippen LogP) is 4.98. The maximum absolute atomic E-state index is 14.0. The molecule has 168 valence electrons. The highest BCUT2D eigenvalue weighted by Crippen LogP contribution is 2.35. The number of methoxy groups -OCH3 is 1. The molecule has 33 heavy (non-hydrogen) atoms. The standard InChI is InChI=1S/C25H22FN3O4/c1-4-7-18-11-17(12-20(14-27)25(30)28-23-10-16(2)33-29-23)13-22(31-3)24(18)32-15-19-8-5-6-9-21(19)26/h4-6,8-13H,1,7,15H2,2-3H3,(H,28,29,30)/b20-12-. The third kappa shape index (κ3) is 5.86. The number of ether oxygens (including phenoxy) is 2. The fourth-order valence-electron chi connectivity index (χ4n) is 3.08. The maximum atomic E-state index is 14.0. The van der Waals surface area contributed by atoms with Crippen molar-refractivity contribution in [2.75, 3.05) is 12.4 Å². The van der Waals surface area contributed by atoms with Crippen LogP contribution in [-0.4, -0.2) is 18.2 Å². The molecule has 0 fully saturated rings. The zero-order chi connectivity index (χ0) is 23.8. The van der Waals surface area contributed by atoms with Gasteiger partial charge in [0.25, 0.3) is 5.91 Å². The first-order valence-corrected chi connectivity index (χ1v) is 9.99. The second-order valence-electron chi connectivity index (χ2n) is 7.03. The number of anilines is 1. The summed E-state index contributed by atoms with van der Waals surface area (Å²) in [7, 11) is 1.47. The molecule has 3 rings (SSSR count). The lowest BCUT2D eigenvalue weighted by Crippen LogP contribution is -2.13. The number of carbonyl (C=O) groups excluding carboxylic acids is 1. The third-order valence-corrected chi connectivity index (χ3v) is 4.61. The minimum atomic E-state index is -0.630. The van der Waals surface area contributed by atoms with Crippen molar-refractivity contribution in [2.24, 2.45) is 0 Å². The van der Waals surface area contributed by atoms with Crippen LogP contribution in [-0.2, 0) is 17.8 Å². The van der Waals surface area contributed by atoms with Crippen LogP contribution in [0, 0.1) is 24.1 Å². The number of nitrogens with one attached hydrogen (secondary N) is 1. The van der Waals surface area contributed by atoms with Gasteiger partial charge in [-0.15, -0.1) is 6.58 Å². The normalized spacial score (nSPS) is 10.9. The molecule has 0 radical (unpaired) electrons. The summed E-state index contributed by atoms with van der Waals surface area (Å²) in [6, 6.07) is 13.2. The first kappa shape index (κ1) is 23.3. The Bertz CT molecular complexity index is 1240. The van der Waals surface area contributed by atoms with Crippen molar-refractivity contribution in [1.29, 1.82) is 5.26 Å². The summed E-state index contributed by atoms with van der Waals surface area (Å²) in [5.74, 6) is 0.543. The summed E-state index contributed by atoms with van der Waals surface area (Å²) >= 11 is 0. The van der Waals surface area contributed by atoms with Crippen molar-refractivity contribution in [1.82, 2.24) is 5.16 Å². The van der Waals surface area contributed by atoms with Crippen LogP contribution >= 0.6 is 0 Å². The molecule has 8 heteroatoms. The number of benzene rings is 2. The summed E-state index contributed by atoms with van der Waals surface area (Å²) in [5.41, 5.74) is 1.52. The summed E-state index contributed by atoms with van der Waals surface area (Å²) in [5, 5.41) is 15.7. The van der Waals surface area contributed by atoms with Crippen molar-refractivity contribution < 1.29 is 23.2 Å². The Morgan fingerprint density at radius 2 is 2.09 bits per heavy atom. The van der Waals surface area contributed by atoms with Crippen LogP contribution in [0.2, 0.25) is 0 Å². The Kier molecular flexibility index (Phi) is 7.60. The molecule has 0 saturated carbocycles. The Hall–Kier alpha value is -4.38. The number of nitrogens with zero attached hydrogens (tertiary/aromatic N) is 2. The minimum Gasteiger partial charge on any atom is -0.493 e. The van der Waals surface area contributed by atoms with E-state index in [0.29, 0.717) is 40.4 Å². The third-order valence-electron chi connectivity index (χ3n) is 4.61. The fraction of sp³-hybridized carbons (Fsp3) is 0.160. The number of halogens is 1. The summed E-state index contributed by atoms with van der Waals surface area (Å²) < 4.78 is 30.3. The molecule has 0 atom stereocenters. The van der Waals surface area contributed by atoms with Crippen LogP contribution in [0.5, 0.6) is 11.5 Å². The maximum Gasteiger partial charge on any atom is 0.267 e. The Morgan fingerprint density at radius 3 is 2.73 bits per heavy atom. The fourth-order valence-corrected chi connectivity index (χ4v) is 3.08. The second kappa shape index (κ2) is 10.8. The molecule has 0 aliphatic carbocycles. The van der Waals surface area contributed by atoms with E-state index in [-0.39, 0.29) is 23.8 Å². The number of carbonyl (C=O) groups is 1. The lowest BCUT2D eigenvalue weighted by atomic mass is 10.0. The Labute approximate surface area is 190 Å². The zero-order valence-corrected chi connectivity index (χ0v) is 18.2. The van der Waals surface area contributed by atoms with E-state index in [0.717, 1.165) is 0 Å². The number of aromatic nitrogens is 1. The Balaban J connectivity index is 1.91. The molecule has 0 spiro atoms. The van der Waals surface area contributed by atoms with Gasteiger partial charge in [-0.05, 0) is 43.2 Å². The van der Waals surface area contributed by atoms with E-state index in [2.05, 4.69) is 17.1 Å². The van der Waals surface area contributed by atoms with E-state index >= 15 is 0 Å². The monoisotopic (exact) mass is 447 g/mol. The van der Waals surface area contributed by atoms with Gasteiger partial charge < -0.3 is 19.3 Å². The highest BCUT2D eigenvalue weighted by Gasteiger charge is 2.16. The van der Waals surface area contributed by atoms with Crippen LogP contribution in [0.1, 0.15) is 22.5 Å². The van der Waals surface area contributed by atoms with E-state index in [4.69, 9.17) is 14.0 Å². The molecule has 1 aromatic heterocycles.